The number of nitrogens with zero attached hydrogens (tertiary/aromatic N) is 3. The van der Waals surface area contributed by atoms with E-state index in [9.17, 15) is 14.4 Å². The summed E-state index contributed by atoms with van der Waals surface area (Å²) in [6.07, 6.45) is 1.57. The third kappa shape index (κ3) is 3.60. The van der Waals surface area contributed by atoms with Crippen LogP contribution < -0.4 is 5.76 Å². The molecule has 2 aromatic rings. The normalized spacial score (nSPS) is 15.4. The lowest BCUT2D eigenvalue weighted by molar-refractivity contribution is -0.133. The quantitative estimate of drug-likeness (QED) is 0.836. The number of oxazole rings is 1. The van der Waals surface area contributed by atoms with Gasteiger partial charge in [-0.15, -0.1) is 0 Å². The Labute approximate surface area is 145 Å². The van der Waals surface area contributed by atoms with Gasteiger partial charge in [0, 0.05) is 39.6 Å². The fourth-order valence-electron chi connectivity index (χ4n) is 3.21. The van der Waals surface area contributed by atoms with Crippen LogP contribution in [-0.4, -0.2) is 52.4 Å². The van der Waals surface area contributed by atoms with E-state index in [4.69, 9.17) is 4.42 Å². The van der Waals surface area contributed by atoms with Gasteiger partial charge in [-0.05, 0) is 24.1 Å². The first-order valence-corrected chi connectivity index (χ1v) is 8.63. The van der Waals surface area contributed by atoms with Gasteiger partial charge in [0.15, 0.2) is 5.58 Å². The maximum atomic E-state index is 12.6. The molecule has 2 heterocycles. The minimum atomic E-state index is -0.410. The Morgan fingerprint density at radius 3 is 2.44 bits per heavy atom. The fraction of sp³-hybridized carbons (Fsp3) is 0.500. The standard InChI is InChI=1S/C18H23N3O4/c1-3-16(22)20-7-4-8-21(10-9-20)17(23)12-13-5-6-15-14(11-13)19(2)18(24)25-15/h5-6,11H,3-4,7-10,12H2,1-2H3. The molecule has 3 rings (SSSR count). The number of carbonyl (C=O) groups is 2. The first-order valence-electron chi connectivity index (χ1n) is 8.63. The molecular formula is C18H23N3O4. The zero-order valence-electron chi connectivity index (χ0n) is 14.7. The lowest BCUT2D eigenvalue weighted by Crippen LogP contribution is -2.37. The van der Waals surface area contributed by atoms with Crippen LogP contribution in [0.25, 0.3) is 11.1 Å². The molecule has 0 N–H and O–H groups in total. The van der Waals surface area contributed by atoms with Gasteiger partial charge in [-0.25, -0.2) is 4.79 Å². The molecule has 0 radical (unpaired) electrons. The number of hydrogen-bond donors (Lipinski definition) is 0. The van der Waals surface area contributed by atoms with Crippen molar-refractivity contribution in [3.05, 3.63) is 34.3 Å². The molecule has 1 aromatic heterocycles. The van der Waals surface area contributed by atoms with E-state index in [2.05, 4.69) is 0 Å². The Balaban J connectivity index is 1.68. The molecule has 0 saturated carbocycles. The van der Waals surface area contributed by atoms with Crippen LogP contribution in [0.15, 0.2) is 27.4 Å². The molecule has 1 fully saturated rings. The lowest BCUT2D eigenvalue weighted by Gasteiger charge is -2.22. The molecule has 0 bridgehead atoms. The van der Waals surface area contributed by atoms with Gasteiger partial charge >= 0.3 is 5.76 Å². The molecule has 1 saturated heterocycles. The monoisotopic (exact) mass is 345 g/mol. The van der Waals surface area contributed by atoms with Crippen molar-refractivity contribution in [2.24, 2.45) is 7.05 Å². The number of benzene rings is 1. The highest BCUT2D eigenvalue weighted by Crippen LogP contribution is 2.16. The van der Waals surface area contributed by atoms with E-state index in [1.54, 1.807) is 13.1 Å². The lowest BCUT2D eigenvalue weighted by atomic mass is 10.1. The van der Waals surface area contributed by atoms with Crippen LogP contribution in [0.2, 0.25) is 0 Å². The van der Waals surface area contributed by atoms with Crippen molar-refractivity contribution in [1.82, 2.24) is 14.4 Å². The maximum absolute atomic E-state index is 12.6. The average molecular weight is 345 g/mol. The van der Waals surface area contributed by atoms with Crippen molar-refractivity contribution in [3.63, 3.8) is 0 Å². The third-order valence-corrected chi connectivity index (χ3v) is 4.71. The zero-order valence-corrected chi connectivity index (χ0v) is 14.7. The van der Waals surface area contributed by atoms with Gasteiger partial charge < -0.3 is 14.2 Å². The van der Waals surface area contributed by atoms with Gasteiger partial charge in [0.2, 0.25) is 11.8 Å². The summed E-state index contributed by atoms with van der Waals surface area (Å²) in [4.78, 5) is 39.7. The number of hydrogen-bond acceptors (Lipinski definition) is 4. The van der Waals surface area contributed by atoms with Crippen molar-refractivity contribution in [3.8, 4) is 0 Å². The predicted octanol–water partition coefficient (Wildman–Crippen LogP) is 1.14. The minimum Gasteiger partial charge on any atom is -0.408 e. The van der Waals surface area contributed by atoms with Crippen LogP contribution in [0.4, 0.5) is 0 Å². The molecule has 0 atom stereocenters. The summed E-state index contributed by atoms with van der Waals surface area (Å²) < 4.78 is 6.54. The van der Waals surface area contributed by atoms with Crippen LogP contribution >= 0.6 is 0 Å². The molecule has 0 spiro atoms. The topological polar surface area (TPSA) is 75.8 Å². The highest BCUT2D eigenvalue weighted by Gasteiger charge is 2.21. The highest BCUT2D eigenvalue weighted by atomic mass is 16.4. The Kier molecular flexibility index (Phi) is 4.92. The maximum Gasteiger partial charge on any atom is 0.419 e. The molecule has 0 unspecified atom stereocenters. The van der Waals surface area contributed by atoms with Gasteiger partial charge in [0.25, 0.3) is 0 Å². The molecule has 134 valence electrons. The number of amides is 2. The second-order valence-electron chi connectivity index (χ2n) is 6.37. The molecule has 7 heteroatoms. The Morgan fingerprint density at radius 2 is 1.76 bits per heavy atom. The van der Waals surface area contributed by atoms with Crippen LogP contribution in [0.5, 0.6) is 0 Å². The number of fused-ring (bicyclic) bond motifs is 1. The van der Waals surface area contributed by atoms with Gasteiger partial charge in [0.1, 0.15) is 0 Å². The summed E-state index contributed by atoms with van der Waals surface area (Å²) in [5.41, 5.74) is 2.05. The number of aryl methyl sites for hydroxylation is 1. The number of rotatable bonds is 3. The Morgan fingerprint density at radius 1 is 1.08 bits per heavy atom. The Bertz CT molecular complexity index is 852. The van der Waals surface area contributed by atoms with Crippen LogP contribution in [0, 0.1) is 0 Å². The van der Waals surface area contributed by atoms with Crippen LogP contribution in [0.3, 0.4) is 0 Å². The zero-order chi connectivity index (χ0) is 18.0. The smallest absolute Gasteiger partial charge is 0.408 e. The molecule has 1 aliphatic heterocycles. The van der Waals surface area contributed by atoms with Crippen molar-refractivity contribution in [2.45, 2.75) is 26.2 Å². The predicted molar refractivity (Wildman–Crippen MR) is 93.2 cm³/mol. The van der Waals surface area contributed by atoms with Gasteiger partial charge in [-0.1, -0.05) is 13.0 Å². The average Bonchev–Trinajstić information content (AvgIpc) is 2.80. The number of aromatic nitrogens is 1. The van der Waals surface area contributed by atoms with E-state index < -0.39 is 5.76 Å². The van der Waals surface area contributed by atoms with Crippen LogP contribution in [-0.2, 0) is 23.1 Å². The van der Waals surface area contributed by atoms with Crippen molar-refractivity contribution in [2.75, 3.05) is 26.2 Å². The van der Waals surface area contributed by atoms with E-state index in [1.165, 1.54) is 4.57 Å². The minimum absolute atomic E-state index is 0.0404. The summed E-state index contributed by atoms with van der Waals surface area (Å²) in [6.45, 7) is 4.39. The Hall–Kier alpha value is -2.57. The number of carbonyl (C=O) groups excluding carboxylic acids is 2. The molecule has 2 amide bonds. The van der Waals surface area contributed by atoms with Crippen molar-refractivity contribution in [1.29, 1.82) is 0 Å². The van der Waals surface area contributed by atoms with E-state index in [0.29, 0.717) is 43.7 Å². The molecule has 1 aliphatic rings. The molecule has 1 aromatic carbocycles. The summed E-state index contributed by atoms with van der Waals surface area (Å²) in [5.74, 6) is -0.231. The van der Waals surface area contributed by atoms with Gasteiger partial charge in [0.05, 0.1) is 11.9 Å². The van der Waals surface area contributed by atoms with Gasteiger partial charge in [-0.3, -0.25) is 14.2 Å². The second kappa shape index (κ2) is 7.13. The van der Waals surface area contributed by atoms with Crippen molar-refractivity contribution < 1.29 is 14.0 Å². The largest absolute Gasteiger partial charge is 0.419 e. The molecule has 0 aliphatic carbocycles. The summed E-state index contributed by atoms with van der Waals surface area (Å²) in [6, 6.07) is 5.36. The van der Waals surface area contributed by atoms with E-state index in [-0.39, 0.29) is 18.2 Å². The van der Waals surface area contributed by atoms with E-state index in [1.807, 2.05) is 28.9 Å². The van der Waals surface area contributed by atoms with Crippen LogP contribution in [0.1, 0.15) is 25.3 Å². The summed E-state index contributed by atoms with van der Waals surface area (Å²) >= 11 is 0. The second-order valence-corrected chi connectivity index (χ2v) is 6.37. The fourth-order valence-corrected chi connectivity index (χ4v) is 3.21. The summed E-state index contributed by atoms with van der Waals surface area (Å²) in [5, 5.41) is 0. The van der Waals surface area contributed by atoms with E-state index in [0.717, 1.165) is 12.0 Å². The highest BCUT2D eigenvalue weighted by molar-refractivity contribution is 5.81. The summed E-state index contributed by atoms with van der Waals surface area (Å²) in [7, 11) is 1.65. The van der Waals surface area contributed by atoms with Gasteiger partial charge in [-0.2, -0.15) is 0 Å². The SMILES string of the molecule is CCC(=O)N1CCCN(C(=O)Cc2ccc3oc(=O)n(C)c3c2)CC1. The first-order chi connectivity index (χ1) is 12.0. The van der Waals surface area contributed by atoms with E-state index >= 15 is 0 Å². The first kappa shape index (κ1) is 17.3. The third-order valence-electron chi connectivity index (χ3n) is 4.71. The molecular weight excluding hydrogens is 322 g/mol. The molecule has 7 nitrogen and oxygen atoms in total. The molecule has 25 heavy (non-hydrogen) atoms. The van der Waals surface area contributed by atoms with Crippen molar-refractivity contribution >= 4 is 22.9 Å².